The summed E-state index contributed by atoms with van der Waals surface area (Å²) in [6.07, 6.45) is 5.10. The zero-order valence-corrected chi connectivity index (χ0v) is 9.46. The molecule has 1 heterocycles. The topological polar surface area (TPSA) is 44.4 Å². The van der Waals surface area contributed by atoms with E-state index in [1.807, 2.05) is 0 Å². The van der Waals surface area contributed by atoms with Gasteiger partial charge in [0.2, 0.25) is 5.91 Å². The van der Waals surface area contributed by atoms with Gasteiger partial charge in [-0.1, -0.05) is 0 Å². The first kappa shape index (κ1) is 10.9. The summed E-state index contributed by atoms with van der Waals surface area (Å²) in [6, 6.07) is 1.50. The van der Waals surface area contributed by atoms with Crippen molar-refractivity contribution < 1.29 is 4.79 Å². The molecule has 0 unspecified atom stereocenters. The highest BCUT2D eigenvalue weighted by molar-refractivity contribution is 5.77. The Morgan fingerprint density at radius 2 is 1.80 bits per heavy atom. The Balaban J connectivity index is 1.64. The molecule has 1 saturated carbocycles. The van der Waals surface area contributed by atoms with Gasteiger partial charge in [-0.15, -0.1) is 0 Å². The van der Waals surface area contributed by atoms with Crippen LogP contribution < -0.4 is 10.6 Å². The second-order valence-corrected chi connectivity index (χ2v) is 4.66. The molecule has 1 amide bonds. The number of carbonyl (C=O) groups is 1. The molecule has 1 aliphatic carbocycles. The molecule has 0 aromatic carbocycles. The molecule has 1 saturated heterocycles. The maximum Gasteiger partial charge on any atom is 0.233 e. The molecule has 2 rings (SSSR count). The lowest BCUT2D eigenvalue weighted by atomic mass is 10.1. The summed E-state index contributed by atoms with van der Waals surface area (Å²) >= 11 is 0. The van der Waals surface area contributed by atoms with E-state index in [0.29, 0.717) is 12.6 Å². The second kappa shape index (κ2) is 4.94. The van der Waals surface area contributed by atoms with Crippen LogP contribution in [-0.4, -0.2) is 49.6 Å². The number of rotatable bonds is 4. The number of nitrogens with one attached hydrogen (secondary N) is 2. The number of likely N-dealkylation sites (tertiary alicyclic amines) is 1. The predicted octanol–water partition coefficient (Wildman–Crippen LogP) is -0.0512. The largest absolute Gasteiger partial charge is 0.358 e. The predicted molar refractivity (Wildman–Crippen MR) is 59.7 cm³/mol. The van der Waals surface area contributed by atoms with Gasteiger partial charge in [0.25, 0.3) is 0 Å². The molecule has 0 atom stereocenters. The smallest absolute Gasteiger partial charge is 0.233 e. The monoisotopic (exact) mass is 211 g/mol. The number of likely N-dealkylation sites (N-methyl/N-ethyl adjacent to an activating group) is 1. The Hall–Kier alpha value is -0.610. The minimum Gasteiger partial charge on any atom is -0.358 e. The van der Waals surface area contributed by atoms with E-state index in [-0.39, 0.29) is 5.91 Å². The Morgan fingerprint density at radius 1 is 1.20 bits per heavy atom. The van der Waals surface area contributed by atoms with Crippen LogP contribution in [0.3, 0.4) is 0 Å². The lowest BCUT2D eigenvalue weighted by Gasteiger charge is -2.31. The average molecular weight is 211 g/mol. The van der Waals surface area contributed by atoms with Gasteiger partial charge >= 0.3 is 0 Å². The number of carbonyl (C=O) groups excluding carboxylic acids is 1. The standard InChI is InChI=1S/C11H21N3O/c1-12-11(15)8-14-6-4-10(5-7-14)13-9-2-3-9/h9-10,13H,2-8H2,1H3,(H,12,15). The average Bonchev–Trinajstić information content (AvgIpc) is 3.05. The molecule has 2 fully saturated rings. The van der Waals surface area contributed by atoms with Crippen molar-refractivity contribution in [2.24, 2.45) is 0 Å². The van der Waals surface area contributed by atoms with Crippen LogP contribution in [0, 0.1) is 0 Å². The molecule has 4 heteroatoms. The van der Waals surface area contributed by atoms with E-state index < -0.39 is 0 Å². The molecule has 2 N–H and O–H groups in total. The normalized spacial score (nSPS) is 24.1. The van der Waals surface area contributed by atoms with Crippen molar-refractivity contribution in [1.29, 1.82) is 0 Å². The highest BCUT2D eigenvalue weighted by Gasteiger charge is 2.27. The number of amides is 1. The van der Waals surface area contributed by atoms with Crippen molar-refractivity contribution in [2.45, 2.75) is 37.8 Å². The summed E-state index contributed by atoms with van der Waals surface area (Å²) in [5.74, 6) is 0.128. The van der Waals surface area contributed by atoms with E-state index in [2.05, 4.69) is 15.5 Å². The molecule has 0 bridgehead atoms. The van der Waals surface area contributed by atoms with Crippen molar-refractivity contribution in [1.82, 2.24) is 15.5 Å². The molecular formula is C11H21N3O. The summed E-state index contributed by atoms with van der Waals surface area (Å²) < 4.78 is 0. The van der Waals surface area contributed by atoms with Gasteiger partial charge in [-0.25, -0.2) is 0 Å². The number of nitrogens with zero attached hydrogens (tertiary/aromatic N) is 1. The molecule has 4 nitrogen and oxygen atoms in total. The van der Waals surface area contributed by atoms with Crippen LogP contribution in [0.1, 0.15) is 25.7 Å². The molecule has 15 heavy (non-hydrogen) atoms. The molecule has 0 radical (unpaired) electrons. The fourth-order valence-electron chi connectivity index (χ4n) is 2.12. The zero-order chi connectivity index (χ0) is 10.7. The summed E-state index contributed by atoms with van der Waals surface area (Å²) in [7, 11) is 1.70. The van der Waals surface area contributed by atoms with Crippen molar-refractivity contribution >= 4 is 5.91 Å². The van der Waals surface area contributed by atoms with Gasteiger partial charge in [0.05, 0.1) is 6.54 Å². The Morgan fingerprint density at radius 3 is 2.33 bits per heavy atom. The van der Waals surface area contributed by atoms with Crippen LogP contribution in [0.15, 0.2) is 0 Å². The Bertz CT molecular complexity index is 220. The first-order valence-electron chi connectivity index (χ1n) is 5.97. The highest BCUT2D eigenvalue weighted by Crippen LogP contribution is 2.22. The Labute approximate surface area is 91.4 Å². The molecular weight excluding hydrogens is 190 g/mol. The molecule has 0 aromatic rings. The van der Waals surface area contributed by atoms with E-state index in [4.69, 9.17) is 0 Å². The minimum absolute atomic E-state index is 0.128. The fraction of sp³-hybridized carbons (Fsp3) is 0.909. The Kier molecular flexibility index (Phi) is 3.59. The van der Waals surface area contributed by atoms with Gasteiger partial charge < -0.3 is 10.6 Å². The van der Waals surface area contributed by atoms with Gasteiger partial charge in [0.15, 0.2) is 0 Å². The van der Waals surface area contributed by atoms with Gasteiger partial charge in [0, 0.05) is 32.2 Å². The van der Waals surface area contributed by atoms with E-state index in [1.54, 1.807) is 7.05 Å². The summed E-state index contributed by atoms with van der Waals surface area (Å²) in [5, 5.41) is 6.32. The van der Waals surface area contributed by atoms with Crippen molar-refractivity contribution in [2.75, 3.05) is 26.7 Å². The lowest BCUT2D eigenvalue weighted by Crippen LogP contribution is -2.46. The van der Waals surface area contributed by atoms with Crippen LogP contribution in [0.25, 0.3) is 0 Å². The van der Waals surface area contributed by atoms with E-state index in [9.17, 15) is 4.79 Å². The van der Waals surface area contributed by atoms with Gasteiger partial charge in [-0.05, 0) is 25.7 Å². The van der Waals surface area contributed by atoms with Crippen LogP contribution in [-0.2, 0) is 4.79 Å². The third-order valence-corrected chi connectivity index (χ3v) is 3.28. The fourth-order valence-corrected chi connectivity index (χ4v) is 2.12. The van der Waals surface area contributed by atoms with Crippen LogP contribution in [0.4, 0.5) is 0 Å². The third kappa shape index (κ3) is 3.47. The molecule has 0 spiro atoms. The molecule has 86 valence electrons. The van der Waals surface area contributed by atoms with Gasteiger partial charge in [-0.3, -0.25) is 9.69 Å². The summed E-state index contributed by atoms with van der Waals surface area (Å²) in [4.78, 5) is 13.4. The highest BCUT2D eigenvalue weighted by atomic mass is 16.1. The molecule has 2 aliphatic rings. The maximum atomic E-state index is 11.2. The SMILES string of the molecule is CNC(=O)CN1CCC(NC2CC2)CC1. The quantitative estimate of drug-likeness (QED) is 0.685. The van der Waals surface area contributed by atoms with Crippen molar-refractivity contribution in [3.8, 4) is 0 Å². The van der Waals surface area contributed by atoms with Crippen LogP contribution >= 0.6 is 0 Å². The van der Waals surface area contributed by atoms with Crippen LogP contribution in [0.5, 0.6) is 0 Å². The number of hydrogen-bond acceptors (Lipinski definition) is 3. The first-order chi connectivity index (χ1) is 7.28. The first-order valence-corrected chi connectivity index (χ1v) is 5.97. The van der Waals surface area contributed by atoms with Crippen LogP contribution in [0.2, 0.25) is 0 Å². The van der Waals surface area contributed by atoms with Gasteiger partial charge in [0.1, 0.15) is 0 Å². The van der Waals surface area contributed by atoms with Crippen molar-refractivity contribution in [3.63, 3.8) is 0 Å². The van der Waals surface area contributed by atoms with E-state index >= 15 is 0 Å². The maximum absolute atomic E-state index is 11.2. The van der Waals surface area contributed by atoms with E-state index in [0.717, 1.165) is 19.1 Å². The van der Waals surface area contributed by atoms with Crippen molar-refractivity contribution in [3.05, 3.63) is 0 Å². The summed E-state index contributed by atoms with van der Waals surface area (Å²) in [5.41, 5.74) is 0. The zero-order valence-electron chi connectivity index (χ0n) is 9.46. The molecule has 1 aliphatic heterocycles. The second-order valence-electron chi connectivity index (χ2n) is 4.66. The minimum atomic E-state index is 0.128. The third-order valence-electron chi connectivity index (χ3n) is 3.28. The van der Waals surface area contributed by atoms with E-state index in [1.165, 1.54) is 25.7 Å². The molecule has 0 aromatic heterocycles. The summed E-state index contributed by atoms with van der Waals surface area (Å²) in [6.45, 7) is 2.67. The number of piperidine rings is 1. The van der Waals surface area contributed by atoms with Gasteiger partial charge in [-0.2, -0.15) is 0 Å². The number of hydrogen-bond donors (Lipinski definition) is 2. The lowest BCUT2D eigenvalue weighted by molar-refractivity contribution is -0.122.